The number of nitrogens with one attached hydrogen (secondary N) is 1. The van der Waals surface area contributed by atoms with Crippen LogP contribution in [0.1, 0.15) is 13.3 Å². The van der Waals surface area contributed by atoms with Gasteiger partial charge in [-0.05, 0) is 32.6 Å². The van der Waals surface area contributed by atoms with E-state index in [0.717, 1.165) is 6.54 Å². The van der Waals surface area contributed by atoms with Crippen molar-refractivity contribution in [3.05, 3.63) is 24.3 Å². The van der Waals surface area contributed by atoms with Gasteiger partial charge in [-0.25, -0.2) is 0 Å². The number of carbonyl (C=O) groups excluding carboxylic acids is 1. The predicted molar refractivity (Wildman–Crippen MR) is 79.3 cm³/mol. The zero-order valence-electron chi connectivity index (χ0n) is 12.7. The fraction of sp³-hybridized carbons (Fsp3) is 0.533. The van der Waals surface area contributed by atoms with Crippen LogP contribution in [0.25, 0.3) is 0 Å². The lowest BCUT2D eigenvalue weighted by Crippen LogP contribution is -2.40. The predicted octanol–water partition coefficient (Wildman–Crippen LogP) is 1.53. The summed E-state index contributed by atoms with van der Waals surface area (Å²) in [4.78, 5) is 14.0. The third-order valence-corrected chi connectivity index (χ3v) is 2.84. The second-order valence-corrected chi connectivity index (χ2v) is 4.79. The molecule has 0 unspecified atom stereocenters. The third kappa shape index (κ3) is 5.48. The number of carbonyl (C=O) groups is 1. The third-order valence-electron chi connectivity index (χ3n) is 2.84. The summed E-state index contributed by atoms with van der Waals surface area (Å²) in [5.74, 6) is 1.27. The van der Waals surface area contributed by atoms with Gasteiger partial charge in [-0.15, -0.1) is 0 Å². The van der Waals surface area contributed by atoms with Crippen molar-refractivity contribution in [1.82, 2.24) is 10.2 Å². The average molecular weight is 280 g/mol. The Hall–Kier alpha value is -1.75. The van der Waals surface area contributed by atoms with Gasteiger partial charge in [0.15, 0.2) is 6.10 Å². The van der Waals surface area contributed by atoms with Gasteiger partial charge in [0.25, 0.3) is 5.91 Å². The smallest absolute Gasteiger partial charge is 0.261 e. The first-order valence-corrected chi connectivity index (χ1v) is 6.80. The van der Waals surface area contributed by atoms with Crippen LogP contribution in [-0.4, -0.2) is 51.2 Å². The minimum atomic E-state index is -0.482. The molecule has 0 fully saturated rings. The normalized spacial score (nSPS) is 12.1. The van der Waals surface area contributed by atoms with Crippen LogP contribution in [0.4, 0.5) is 0 Å². The van der Waals surface area contributed by atoms with Crippen LogP contribution < -0.4 is 14.8 Å². The van der Waals surface area contributed by atoms with Crippen molar-refractivity contribution in [2.45, 2.75) is 19.4 Å². The molecule has 0 saturated heterocycles. The molecule has 1 amide bonds. The van der Waals surface area contributed by atoms with Crippen LogP contribution in [0.3, 0.4) is 0 Å². The van der Waals surface area contributed by atoms with Crippen LogP contribution in [0.5, 0.6) is 11.5 Å². The second kappa shape index (κ2) is 8.43. The first-order valence-electron chi connectivity index (χ1n) is 6.80. The van der Waals surface area contributed by atoms with Crippen molar-refractivity contribution in [1.29, 1.82) is 0 Å². The summed E-state index contributed by atoms with van der Waals surface area (Å²) >= 11 is 0. The van der Waals surface area contributed by atoms with Crippen molar-refractivity contribution in [3.63, 3.8) is 0 Å². The number of ether oxygens (including phenoxy) is 2. The zero-order valence-corrected chi connectivity index (χ0v) is 12.7. The van der Waals surface area contributed by atoms with Crippen LogP contribution in [0, 0.1) is 0 Å². The van der Waals surface area contributed by atoms with E-state index in [1.807, 2.05) is 44.1 Å². The molecule has 0 radical (unpaired) electrons. The Morgan fingerprint density at radius 2 is 2.05 bits per heavy atom. The topological polar surface area (TPSA) is 50.8 Å². The Bertz CT molecular complexity index is 421. The summed E-state index contributed by atoms with van der Waals surface area (Å²) in [5.41, 5.74) is 0. The molecule has 5 heteroatoms. The van der Waals surface area contributed by atoms with Crippen molar-refractivity contribution >= 4 is 5.91 Å². The molecule has 1 aromatic carbocycles. The number of likely N-dealkylation sites (N-methyl/N-ethyl adjacent to an activating group) is 1. The summed E-state index contributed by atoms with van der Waals surface area (Å²) in [7, 11) is 5.54. The molecule has 1 N–H and O–H groups in total. The average Bonchev–Trinajstić information content (AvgIpc) is 2.44. The quantitative estimate of drug-likeness (QED) is 0.784. The van der Waals surface area contributed by atoms with E-state index in [0.29, 0.717) is 24.5 Å². The molecule has 0 aliphatic carbocycles. The van der Waals surface area contributed by atoms with Gasteiger partial charge in [0.1, 0.15) is 11.5 Å². The number of methoxy groups -OCH3 is 1. The number of benzene rings is 1. The molecule has 0 heterocycles. The van der Waals surface area contributed by atoms with Gasteiger partial charge in [0, 0.05) is 19.2 Å². The molecule has 1 atom stereocenters. The SMILES string of the molecule is CC[C@H](Oc1cccc(OC)c1)C(=O)NCCN(C)C. The Labute approximate surface area is 120 Å². The summed E-state index contributed by atoms with van der Waals surface area (Å²) in [5, 5.41) is 2.88. The van der Waals surface area contributed by atoms with Crippen LogP contribution >= 0.6 is 0 Å². The molecule has 0 aliphatic heterocycles. The number of nitrogens with zero attached hydrogens (tertiary/aromatic N) is 1. The van der Waals surface area contributed by atoms with E-state index in [-0.39, 0.29) is 5.91 Å². The van der Waals surface area contributed by atoms with Crippen molar-refractivity contribution < 1.29 is 14.3 Å². The van der Waals surface area contributed by atoms with Crippen LogP contribution in [0.2, 0.25) is 0 Å². The zero-order chi connectivity index (χ0) is 15.0. The largest absolute Gasteiger partial charge is 0.497 e. The van der Waals surface area contributed by atoms with Gasteiger partial charge in [0.2, 0.25) is 0 Å². The summed E-state index contributed by atoms with van der Waals surface area (Å²) < 4.78 is 10.9. The molecule has 112 valence electrons. The van der Waals surface area contributed by atoms with Crippen molar-refractivity contribution in [3.8, 4) is 11.5 Å². The minimum Gasteiger partial charge on any atom is -0.497 e. The maximum absolute atomic E-state index is 12.0. The van der Waals surface area contributed by atoms with Crippen molar-refractivity contribution in [2.24, 2.45) is 0 Å². The second-order valence-electron chi connectivity index (χ2n) is 4.79. The van der Waals surface area contributed by atoms with E-state index in [9.17, 15) is 4.79 Å². The Morgan fingerprint density at radius 3 is 2.65 bits per heavy atom. The van der Waals surface area contributed by atoms with Gasteiger partial charge in [-0.1, -0.05) is 13.0 Å². The molecule has 0 saturated carbocycles. The Kier molecular flexibility index (Phi) is 6.87. The van der Waals surface area contributed by atoms with Gasteiger partial charge in [-0.2, -0.15) is 0 Å². The van der Waals surface area contributed by atoms with Crippen LogP contribution in [-0.2, 0) is 4.79 Å². The Balaban J connectivity index is 2.54. The van der Waals surface area contributed by atoms with E-state index >= 15 is 0 Å². The lowest BCUT2D eigenvalue weighted by Gasteiger charge is -2.18. The molecular formula is C15H24N2O3. The number of amides is 1. The standard InChI is InChI=1S/C15H24N2O3/c1-5-14(15(18)16-9-10-17(2)3)20-13-8-6-7-12(11-13)19-4/h6-8,11,14H,5,9-10H2,1-4H3,(H,16,18)/t14-/m0/s1. The number of hydrogen-bond acceptors (Lipinski definition) is 4. The van der Waals surface area contributed by atoms with E-state index in [4.69, 9.17) is 9.47 Å². The van der Waals surface area contributed by atoms with E-state index in [2.05, 4.69) is 5.32 Å². The highest BCUT2D eigenvalue weighted by Crippen LogP contribution is 2.20. The summed E-state index contributed by atoms with van der Waals surface area (Å²) in [6, 6.07) is 7.27. The number of rotatable bonds is 8. The van der Waals surface area contributed by atoms with E-state index < -0.39 is 6.10 Å². The molecule has 1 rings (SSSR count). The van der Waals surface area contributed by atoms with Gasteiger partial charge in [0.05, 0.1) is 7.11 Å². The number of hydrogen-bond donors (Lipinski definition) is 1. The monoisotopic (exact) mass is 280 g/mol. The fourth-order valence-corrected chi connectivity index (χ4v) is 1.68. The first-order chi connectivity index (χ1) is 9.56. The van der Waals surface area contributed by atoms with Gasteiger partial charge in [-0.3, -0.25) is 4.79 Å². The lowest BCUT2D eigenvalue weighted by molar-refractivity contribution is -0.128. The fourth-order valence-electron chi connectivity index (χ4n) is 1.68. The van der Waals surface area contributed by atoms with Crippen molar-refractivity contribution in [2.75, 3.05) is 34.3 Å². The molecule has 0 spiro atoms. The molecular weight excluding hydrogens is 256 g/mol. The Morgan fingerprint density at radius 1 is 1.35 bits per heavy atom. The minimum absolute atomic E-state index is 0.0860. The summed E-state index contributed by atoms with van der Waals surface area (Å²) in [6.45, 7) is 3.35. The molecule has 0 aliphatic rings. The van der Waals surface area contributed by atoms with Gasteiger partial charge >= 0.3 is 0 Å². The summed E-state index contributed by atoms with van der Waals surface area (Å²) in [6.07, 6.45) is 0.134. The van der Waals surface area contributed by atoms with E-state index in [1.54, 1.807) is 13.2 Å². The lowest BCUT2D eigenvalue weighted by atomic mass is 10.2. The molecule has 5 nitrogen and oxygen atoms in total. The molecule has 0 bridgehead atoms. The molecule has 20 heavy (non-hydrogen) atoms. The first kappa shape index (κ1) is 16.3. The highest BCUT2D eigenvalue weighted by molar-refractivity contribution is 5.81. The van der Waals surface area contributed by atoms with Gasteiger partial charge < -0.3 is 19.7 Å². The highest BCUT2D eigenvalue weighted by Gasteiger charge is 2.18. The highest BCUT2D eigenvalue weighted by atomic mass is 16.5. The molecule has 1 aromatic rings. The van der Waals surface area contributed by atoms with Crippen LogP contribution in [0.15, 0.2) is 24.3 Å². The molecule has 0 aromatic heterocycles. The maximum atomic E-state index is 12.0. The van der Waals surface area contributed by atoms with E-state index in [1.165, 1.54) is 0 Å². The maximum Gasteiger partial charge on any atom is 0.261 e.